The number of para-hydroxylation sites is 2. The fraction of sp³-hybridized carbons (Fsp3) is 0.300. The van der Waals surface area contributed by atoms with Gasteiger partial charge in [-0.15, -0.1) is 0 Å². The van der Waals surface area contributed by atoms with Crippen LogP contribution in [0.1, 0.15) is 18.9 Å². The van der Waals surface area contributed by atoms with Crippen LogP contribution in [0.3, 0.4) is 0 Å². The van der Waals surface area contributed by atoms with Gasteiger partial charge in [-0.1, -0.05) is 28.1 Å². The van der Waals surface area contributed by atoms with Crippen molar-refractivity contribution in [1.29, 1.82) is 0 Å². The van der Waals surface area contributed by atoms with Crippen molar-refractivity contribution < 1.29 is 4.79 Å². The van der Waals surface area contributed by atoms with E-state index >= 15 is 0 Å². The normalized spacial score (nSPS) is 13.8. The molecule has 0 saturated heterocycles. The van der Waals surface area contributed by atoms with Gasteiger partial charge in [0, 0.05) is 23.2 Å². The zero-order valence-corrected chi connectivity index (χ0v) is 16.2. The molecule has 6 heteroatoms. The minimum atomic E-state index is -0.130. The fourth-order valence-corrected chi connectivity index (χ4v) is 4.18. The number of halogens is 1. The molecule has 3 aromatic rings. The van der Waals surface area contributed by atoms with Crippen LogP contribution in [0.4, 0.5) is 5.69 Å². The molecular formula is C20H20BrN3O2. The maximum atomic E-state index is 13.1. The molecule has 0 fully saturated rings. The molecular weight excluding hydrogens is 394 g/mol. The Kier molecular flexibility index (Phi) is 4.44. The molecule has 0 unspecified atom stereocenters. The smallest absolute Gasteiger partial charge is 0.311 e. The molecule has 0 aliphatic carbocycles. The zero-order valence-electron chi connectivity index (χ0n) is 14.6. The lowest BCUT2D eigenvalue weighted by molar-refractivity contribution is -0.119. The number of nitrogens with zero attached hydrogens (tertiary/aromatic N) is 3. The standard InChI is InChI=1S/C20H20BrN3O2/c1-2-22-17-7-3-4-8-18(17)24(20(22)26)13-19(25)23-11-5-6-14-12-15(21)9-10-16(14)23/h3-4,7-10,12H,2,5-6,11,13H2,1H3. The lowest BCUT2D eigenvalue weighted by Crippen LogP contribution is -2.39. The largest absolute Gasteiger partial charge is 0.329 e. The highest BCUT2D eigenvalue weighted by Crippen LogP contribution is 2.30. The third-order valence-electron chi connectivity index (χ3n) is 5.00. The Hall–Kier alpha value is -2.34. The summed E-state index contributed by atoms with van der Waals surface area (Å²) >= 11 is 3.50. The second-order valence-corrected chi connectivity index (χ2v) is 7.44. The average molecular weight is 414 g/mol. The topological polar surface area (TPSA) is 47.2 Å². The highest BCUT2D eigenvalue weighted by Gasteiger charge is 2.24. The van der Waals surface area contributed by atoms with Gasteiger partial charge in [0.1, 0.15) is 6.54 Å². The van der Waals surface area contributed by atoms with Crippen LogP contribution >= 0.6 is 15.9 Å². The van der Waals surface area contributed by atoms with Crippen molar-refractivity contribution in [1.82, 2.24) is 9.13 Å². The van der Waals surface area contributed by atoms with Gasteiger partial charge in [-0.25, -0.2) is 4.79 Å². The van der Waals surface area contributed by atoms with Gasteiger partial charge in [0.25, 0.3) is 0 Å². The first-order valence-electron chi connectivity index (χ1n) is 8.87. The van der Waals surface area contributed by atoms with Crippen molar-refractivity contribution in [2.45, 2.75) is 32.9 Å². The van der Waals surface area contributed by atoms with Gasteiger partial charge < -0.3 is 4.90 Å². The Morgan fingerprint density at radius 3 is 2.58 bits per heavy atom. The second-order valence-electron chi connectivity index (χ2n) is 6.52. The Morgan fingerprint density at radius 2 is 1.85 bits per heavy atom. The summed E-state index contributed by atoms with van der Waals surface area (Å²) in [5.41, 5.74) is 3.67. The number of rotatable bonds is 3. The monoisotopic (exact) mass is 413 g/mol. The van der Waals surface area contributed by atoms with Gasteiger partial charge in [-0.2, -0.15) is 0 Å². The van der Waals surface area contributed by atoms with Gasteiger partial charge >= 0.3 is 5.69 Å². The van der Waals surface area contributed by atoms with Crippen molar-refractivity contribution >= 4 is 38.6 Å². The summed E-state index contributed by atoms with van der Waals surface area (Å²) in [6.45, 7) is 3.27. The van der Waals surface area contributed by atoms with Crippen LogP contribution in [-0.4, -0.2) is 21.6 Å². The molecule has 1 aliphatic heterocycles. The number of aromatic nitrogens is 2. The minimum Gasteiger partial charge on any atom is -0.311 e. The van der Waals surface area contributed by atoms with Crippen LogP contribution in [0.15, 0.2) is 51.7 Å². The van der Waals surface area contributed by atoms with Gasteiger partial charge in [-0.3, -0.25) is 13.9 Å². The molecule has 26 heavy (non-hydrogen) atoms. The number of amides is 1. The van der Waals surface area contributed by atoms with E-state index in [0.717, 1.165) is 34.0 Å². The van der Waals surface area contributed by atoms with Crippen LogP contribution < -0.4 is 10.6 Å². The Morgan fingerprint density at radius 1 is 1.12 bits per heavy atom. The van der Waals surface area contributed by atoms with E-state index in [4.69, 9.17) is 0 Å². The van der Waals surface area contributed by atoms with E-state index in [1.807, 2.05) is 48.2 Å². The number of carbonyl (C=O) groups excluding carboxylic acids is 1. The number of hydrogen-bond donors (Lipinski definition) is 0. The van der Waals surface area contributed by atoms with Crippen LogP contribution in [0, 0.1) is 0 Å². The number of carbonyl (C=O) groups is 1. The molecule has 2 aromatic carbocycles. The molecule has 0 N–H and O–H groups in total. The summed E-state index contributed by atoms with van der Waals surface area (Å²) in [7, 11) is 0. The molecule has 0 saturated carbocycles. The highest BCUT2D eigenvalue weighted by molar-refractivity contribution is 9.10. The zero-order chi connectivity index (χ0) is 18.3. The average Bonchev–Trinajstić information content (AvgIpc) is 2.92. The van der Waals surface area contributed by atoms with Gasteiger partial charge in [0.05, 0.1) is 11.0 Å². The number of imidazole rings is 1. The highest BCUT2D eigenvalue weighted by atomic mass is 79.9. The summed E-state index contributed by atoms with van der Waals surface area (Å²) in [4.78, 5) is 27.6. The van der Waals surface area contributed by atoms with Gasteiger partial charge in [0.2, 0.25) is 5.91 Å². The minimum absolute atomic E-state index is 0.0469. The predicted molar refractivity (Wildman–Crippen MR) is 107 cm³/mol. The molecule has 0 spiro atoms. The second kappa shape index (κ2) is 6.76. The quantitative estimate of drug-likeness (QED) is 0.658. The fourth-order valence-electron chi connectivity index (χ4n) is 3.78. The molecule has 1 aromatic heterocycles. The molecule has 1 aliphatic rings. The maximum Gasteiger partial charge on any atom is 0.329 e. The lowest BCUT2D eigenvalue weighted by Gasteiger charge is -2.29. The third kappa shape index (κ3) is 2.78. The first kappa shape index (κ1) is 17.1. The molecule has 0 radical (unpaired) electrons. The molecule has 0 bridgehead atoms. The number of hydrogen-bond acceptors (Lipinski definition) is 2. The summed E-state index contributed by atoms with van der Waals surface area (Å²) in [5, 5.41) is 0. The van der Waals surface area contributed by atoms with Crippen molar-refractivity contribution in [3.05, 3.63) is 63.0 Å². The van der Waals surface area contributed by atoms with Crippen LogP contribution in [-0.2, 0) is 24.3 Å². The SMILES string of the molecule is CCn1c(=O)n(CC(=O)N2CCCc3cc(Br)ccc32)c2ccccc21. The van der Waals surface area contributed by atoms with Crippen LogP contribution in [0.2, 0.25) is 0 Å². The number of anilines is 1. The van der Waals surface area contributed by atoms with Gasteiger partial charge in [-0.05, 0) is 55.7 Å². The Bertz CT molecular complexity index is 1050. The first-order chi connectivity index (χ1) is 12.6. The lowest BCUT2D eigenvalue weighted by atomic mass is 10.0. The van der Waals surface area contributed by atoms with Crippen molar-refractivity contribution in [2.24, 2.45) is 0 Å². The first-order valence-corrected chi connectivity index (χ1v) is 9.66. The molecule has 4 rings (SSSR count). The maximum absolute atomic E-state index is 13.1. The van der Waals surface area contributed by atoms with Gasteiger partial charge in [0.15, 0.2) is 0 Å². The molecule has 134 valence electrons. The Labute approximate surface area is 160 Å². The van der Waals surface area contributed by atoms with E-state index < -0.39 is 0 Å². The number of fused-ring (bicyclic) bond motifs is 2. The van der Waals surface area contributed by atoms with Crippen molar-refractivity contribution in [3.63, 3.8) is 0 Å². The summed E-state index contributed by atoms with van der Waals surface area (Å²) in [6, 6.07) is 13.7. The van der Waals surface area contributed by atoms with Crippen molar-refractivity contribution in [2.75, 3.05) is 11.4 Å². The molecule has 1 amide bonds. The van der Waals surface area contributed by atoms with Crippen molar-refractivity contribution in [3.8, 4) is 0 Å². The van der Waals surface area contributed by atoms with E-state index in [9.17, 15) is 9.59 Å². The third-order valence-corrected chi connectivity index (χ3v) is 5.49. The molecule has 2 heterocycles. The molecule has 0 atom stereocenters. The summed E-state index contributed by atoms with van der Waals surface area (Å²) in [6.07, 6.45) is 1.90. The predicted octanol–water partition coefficient (Wildman–Crippen LogP) is 3.56. The van der Waals surface area contributed by atoms with E-state index in [2.05, 4.69) is 22.0 Å². The molecule has 5 nitrogen and oxygen atoms in total. The van der Waals surface area contributed by atoms with E-state index in [1.54, 1.807) is 9.13 Å². The van der Waals surface area contributed by atoms with Crippen LogP contribution in [0.5, 0.6) is 0 Å². The van der Waals surface area contributed by atoms with E-state index in [1.165, 1.54) is 5.56 Å². The van der Waals surface area contributed by atoms with Crippen LogP contribution in [0.25, 0.3) is 11.0 Å². The number of aryl methyl sites for hydroxylation is 2. The summed E-state index contributed by atoms with van der Waals surface area (Å²) < 4.78 is 4.32. The summed E-state index contributed by atoms with van der Waals surface area (Å²) in [5.74, 6) is -0.0469. The Balaban J connectivity index is 1.72. The number of benzene rings is 2. The van der Waals surface area contributed by atoms with E-state index in [0.29, 0.717) is 13.1 Å². The van der Waals surface area contributed by atoms with E-state index in [-0.39, 0.29) is 18.1 Å².